The highest BCUT2D eigenvalue weighted by Crippen LogP contribution is 2.27. The highest BCUT2D eigenvalue weighted by Gasteiger charge is 2.14. The van der Waals surface area contributed by atoms with Gasteiger partial charge in [-0.3, -0.25) is 0 Å². The number of pyridine rings is 1. The predicted molar refractivity (Wildman–Crippen MR) is 67.2 cm³/mol. The van der Waals surface area contributed by atoms with Gasteiger partial charge in [0.15, 0.2) is 5.84 Å². The maximum atomic E-state index is 8.77. The molecule has 0 aromatic carbocycles. The van der Waals surface area contributed by atoms with E-state index >= 15 is 0 Å². The van der Waals surface area contributed by atoms with E-state index < -0.39 is 0 Å². The fraction of sp³-hybridized carbons (Fsp3) is 0.455. The van der Waals surface area contributed by atoms with Crippen LogP contribution in [0.2, 0.25) is 0 Å². The number of hydrogen-bond donors (Lipinski definition) is 2. The zero-order valence-corrected chi connectivity index (χ0v) is 10.8. The van der Waals surface area contributed by atoms with Crippen LogP contribution in [0.1, 0.15) is 30.7 Å². The maximum Gasteiger partial charge on any atom is 0.173 e. The van der Waals surface area contributed by atoms with Gasteiger partial charge in [0.05, 0.1) is 5.56 Å². The Morgan fingerprint density at radius 3 is 2.62 bits per heavy atom. The molecule has 0 saturated heterocycles. The van der Waals surface area contributed by atoms with Crippen molar-refractivity contribution in [2.45, 2.75) is 38.0 Å². The lowest BCUT2D eigenvalue weighted by atomic mass is 10.1. The van der Waals surface area contributed by atoms with Crippen LogP contribution in [0.25, 0.3) is 0 Å². The molecule has 5 heteroatoms. The molecule has 0 unspecified atom stereocenters. The Kier molecular flexibility index (Phi) is 4.18. The molecule has 0 aliphatic heterocycles. The average molecular weight is 239 g/mol. The molecule has 88 valence electrons. The largest absolute Gasteiger partial charge is 0.409 e. The molecule has 16 heavy (non-hydrogen) atoms. The van der Waals surface area contributed by atoms with Crippen molar-refractivity contribution in [3.05, 3.63) is 22.9 Å². The number of oxime groups is 1. The van der Waals surface area contributed by atoms with Crippen molar-refractivity contribution in [3.63, 3.8) is 0 Å². The zero-order chi connectivity index (χ0) is 12.3. The second-order valence-corrected chi connectivity index (χ2v) is 5.48. The molecule has 4 nitrogen and oxygen atoms in total. The van der Waals surface area contributed by atoms with E-state index in [4.69, 9.17) is 10.9 Å². The highest BCUT2D eigenvalue weighted by atomic mass is 32.2. The molecule has 3 N–H and O–H groups in total. The van der Waals surface area contributed by atoms with Crippen LogP contribution in [0.5, 0.6) is 0 Å². The monoisotopic (exact) mass is 239 g/mol. The van der Waals surface area contributed by atoms with Gasteiger partial charge in [-0.05, 0) is 25.5 Å². The van der Waals surface area contributed by atoms with Gasteiger partial charge in [0.2, 0.25) is 0 Å². The number of amidine groups is 1. The van der Waals surface area contributed by atoms with Gasteiger partial charge in [0.25, 0.3) is 0 Å². The Morgan fingerprint density at radius 1 is 1.50 bits per heavy atom. The summed E-state index contributed by atoms with van der Waals surface area (Å²) in [4.78, 5) is 4.43. The van der Waals surface area contributed by atoms with Gasteiger partial charge in [0, 0.05) is 10.9 Å². The van der Waals surface area contributed by atoms with Crippen LogP contribution < -0.4 is 5.73 Å². The second-order valence-electron chi connectivity index (χ2n) is 3.91. The van der Waals surface area contributed by atoms with E-state index in [1.807, 2.05) is 19.9 Å². The van der Waals surface area contributed by atoms with Gasteiger partial charge >= 0.3 is 0 Å². The minimum Gasteiger partial charge on any atom is -0.409 e. The van der Waals surface area contributed by atoms with Crippen molar-refractivity contribution in [1.29, 1.82) is 0 Å². The molecular formula is C11H17N3OS. The second kappa shape index (κ2) is 5.21. The summed E-state index contributed by atoms with van der Waals surface area (Å²) >= 11 is 1.61. The number of aryl methyl sites for hydroxylation is 2. The first-order valence-electron chi connectivity index (χ1n) is 5.08. The van der Waals surface area contributed by atoms with Crippen molar-refractivity contribution < 1.29 is 5.21 Å². The Hall–Kier alpha value is -1.23. The molecule has 1 aromatic heterocycles. The quantitative estimate of drug-likeness (QED) is 0.279. The fourth-order valence-electron chi connectivity index (χ4n) is 1.47. The summed E-state index contributed by atoms with van der Waals surface area (Å²) in [6, 6.07) is 1.93. The van der Waals surface area contributed by atoms with E-state index in [9.17, 15) is 0 Å². The van der Waals surface area contributed by atoms with Crippen LogP contribution >= 0.6 is 11.8 Å². The first kappa shape index (κ1) is 12.8. The maximum absolute atomic E-state index is 8.77. The normalized spacial score (nSPS) is 12.2. The van der Waals surface area contributed by atoms with Gasteiger partial charge in [0.1, 0.15) is 5.03 Å². The van der Waals surface area contributed by atoms with Crippen molar-refractivity contribution in [3.8, 4) is 0 Å². The summed E-state index contributed by atoms with van der Waals surface area (Å²) in [5.41, 5.74) is 8.31. The van der Waals surface area contributed by atoms with Crippen molar-refractivity contribution >= 4 is 17.6 Å². The van der Waals surface area contributed by atoms with Gasteiger partial charge < -0.3 is 10.9 Å². The third-order valence-corrected chi connectivity index (χ3v) is 3.01. The van der Waals surface area contributed by atoms with Crippen molar-refractivity contribution in [2.24, 2.45) is 10.9 Å². The predicted octanol–water partition coefficient (Wildman–Crippen LogP) is 2.29. The molecule has 0 fully saturated rings. The SMILES string of the molecule is Cc1cc(C)c(C(N)=NO)c(SC(C)C)n1. The summed E-state index contributed by atoms with van der Waals surface area (Å²) in [5, 5.41) is 13.0. The standard InChI is InChI=1S/C11H17N3OS/c1-6(2)16-11-9(10(12)14-15)7(3)5-8(4)13-11/h5-6,15H,1-4H3,(H2,12,14). The molecular weight excluding hydrogens is 222 g/mol. The third kappa shape index (κ3) is 2.88. The molecule has 1 rings (SSSR count). The van der Waals surface area contributed by atoms with Crippen LogP contribution in [-0.2, 0) is 0 Å². The number of nitrogens with zero attached hydrogens (tertiary/aromatic N) is 2. The Bertz CT molecular complexity index is 416. The molecule has 0 saturated carbocycles. The molecule has 1 heterocycles. The minimum atomic E-state index is 0.119. The first-order valence-corrected chi connectivity index (χ1v) is 5.96. The van der Waals surface area contributed by atoms with E-state index in [0.29, 0.717) is 5.25 Å². The zero-order valence-electron chi connectivity index (χ0n) is 9.98. The van der Waals surface area contributed by atoms with Gasteiger partial charge in [-0.15, -0.1) is 11.8 Å². The van der Waals surface area contributed by atoms with E-state index in [2.05, 4.69) is 24.0 Å². The number of hydrogen-bond acceptors (Lipinski definition) is 4. The van der Waals surface area contributed by atoms with Crippen LogP contribution in [-0.4, -0.2) is 21.3 Å². The summed E-state index contributed by atoms with van der Waals surface area (Å²) in [6.07, 6.45) is 0. The van der Waals surface area contributed by atoms with Crippen molar-refractivity contribution in [1.82, 2.24) is 4.98 Å². The van der Waals surface area contributed by atoms with Crippen LogP contribution in [0.4, 0.5) is 0 Å². The van der Waals surface area contributed by atoms with Gasteiger partial charge in [-0.2, -0.15) is 0 Å². The van der Waals surface area contributed by atoms with Crippen LogP contribution in [0, 0.1) is 13.8 Å². The Labute approximate surface area is 99.9 Å². The molecule has 0 radical (unpaired) electrons. The Balaban J connectivity index is 3.32. The smallest absolute Gasteiger partial charge is 0.173 e. The fourth-order valence-corrected chi connectivity index (χ4v) is 2.50. The van der Waals surface area contributed by atoms with Crippen LogP contribution in [0.15, 0.2) is 16.2 Å². The molecule has 0 amide bonds. The van der Waals surface area contributed by atoms with Gasteiger partial charge in [-0.1, -0.05) is 19.0 Å². The molecule has 0 bridgehead atoms. The highest BCUT2D eigenvalue weighted by molar-refractivity contribution is 7.99. The number of rotatable bonds is 3. The van der Waals surface area contributed by atoms with E-state index in [-0.39, 0.29) is 5.84 Å². The minimum absolute atomic E-state index is 0.119. The lowest BCUT2D eigenvalue weighted by Gasteiger charge is -2.12. The Morgan fingerprint density at radius 2 is 2.12 bits per heavy atom. The molecule has 0 atom stereocenters. The van der Waals surface area contributed by atoms with Crippen LogP contribution in [0.3, 0.4) is 0 Å². The van der Waals surface area contributed by atoms with E-state index in [1.165, 1.54) is 0 Å². The van der Waals surface area contributed by atoms with Gasteiger partial charge in [-0.25, -0.2) is 4.98 Å². The topological polar surface area (TPSA) is 71.5 Å². The lowest BCUT2D eigenvalue weighted by molar-refractivity contribution is 0.318. The number of thioether (sulfide) groups is 1. The summed E-state index contributed by atoms with van der Waals surface area (Å²) in [5.74, 6) is 0.119. The average Bonchev–Trinajstić information content (AvgIpc) is 2.14. The molecule has 0 spiro atoms. The van der Waals surface area contributed by atoms with E-state index in [1.54, 1.807) is 11.8 Å². The lowest BCUT2D eigenvalue weighted by Crippen LogP contribution is -2.17. The van der Waals surface area contributed by atoms with E-state index in [0.717, 1.165) is 21.8 Å². The molecule has 0 aliphatic carbocycles. The van der Waals surface area contributed by atoms with Crippen molar-refractivity contribution in [2.75, 3.05) is 0 Å². The molecule has 0 aliphatic rings. The number of aromatic nitrogens is 1. The summed E-state index contributed by atoms with van der Waals surface area (Å²) < 4.78 is 0. The summed E-state index contributed by atoms with van der Waals surface area (Å²) in [7, 11) is 0. The third-order valence-electron chi connectivity index (χ3n) is 2.02. The summed E-state index contributed by atoms with van der Waals surface area (Å²) in [6.45, 7) is 8.04. The first-order chi connectivity index (χ1) is 7.45. The molecule has 1 aromatic rings. The number of nitrogens with two attached hydrogens (primary N) is 1.